The summed E-state index contributed by atoms with van der Waals surface area (Å²) in [6, 6.07) is 7.57. The Morgan fingerprint density at radius 1 is 1.19 bits per heavy atom. The normalized spacial score (nSPS) is 30.5. The summed E-state index contributed by atoms with van der Waals surface area (Å²) in [7, 11) is 1.62. The van der Waals surface area contributed by atoms with Gasteiger partial charge in [-0.2, -0.15) is 0 Å². The molecule has 8 heteroatoms. The lowest BCUT2D eigenvalue weighted by Gasteiger charge is -2.56. The molecule has 4 rings (SSSR count). The lowest BCUT2D eigenvalue weighted by atomic mass is 9.51. The van der Waals surface area contributed by atoms with Crippen molar-refractivity contribution in [3.63, 3.8) is 0 Å². The van der Waals surface area contributed by atoms with Crippen molar-refractivity contribution in [3.8, 4) is 5.75 Å². The van der Waals surface area contributed by atoms with Crippen molar-refractivity contribution in [2.75, 3.05) is 7.11 Å². The van der Waals surface area contributed by atoms with E-state index in [4.69, 9.17) is 4.74 Å². The Morgan fingerprint density at radius 3 is 2.61 bits per heavy atom. The molecule has 0 radical (unpaired) electrons. The Kier molecular flexibility index (Phi) is 7.93. The predicted octanol–water partition coefficient (Wildman–Crippen LogP) is 3.36. The second-order valence-corrected chi connectivity index (χ2v) is 10.8. The number of aliphatic hydroxyl groups excluding tert-OH is 1. The fraction of sp³-hybridized carbons (Fsp3) is 0.571. The van der Waals surface area contributed by atoms with Gasteiger partial charge >= 0.3 is 0 Å². The Hall–Kier alpha value is -3.00. The van der Waals surface area contributed by atoms with E-state index in [2.05, 4.69) is 34.4 Å². The third-order valence-electron chi connectivity index (χ3n) is 8.73. The van der Waals surface area contributed by atoms with Crippen LogP contribution in [0.2, 0.25) is 0 Å². The molecule has 2 fully saturated rings. The summed E-state index contributed by atoms with van der Waals surface area (Å²) < 4.78 is 5.39. The van der Waals surface area contributed by atoms with Crippen LogP contribution in [0.5, 0.6) is 5.75 Å². The molecule has 36 heavy (non-hydrogen) atoms. The van der Waals surface area contributed by atoms with Gasteiger partial charge in [0.2, 0.25) is 5.91 Å². The van der Waals surface area contributed by atoms with Crippen LogP contribution in [0.1, 0.15) is 62.4 Å². The molecule has 0 bridgehead atoms. The first-order chi connectivity index (χ1) is 17.2. The first-order valence-electron chi connectivity index (χ1n) is 12.9. The quantitative estimate of drug-likeness (QED) is 0.544. The highest BCUT2D eigenvalue weighted by molar-refractivity contribution is 5.93. The van der Waals surface area contributed by atoms with Crippen molar-refractivity contribution in [3.05, 3.63) is 54.1 Å². The third kappa shape index (κ3) is 5.24. The largest absolute Gasteiger partial charge is 0.496 e. The molecule has 2 saturated carbocycles. The van der Waals surface area contributed by atoms with Crippen LogP contribution < -0.4 is 15.4 Å². The number of carbonyl (C=O) groups is 2. The second-order valence-electron chi connectivity index (χ2n) is 10.8. The Morgan fingerprint density at radius 2 is 1.89 bits per heavy atom. The number of benzene rings is 1. The van der Waals surface area contributed by atoms with Gasteiger partial charge < -0.3 is 20.5 Å². The van der Waals surface area contributed by atoms with Crippen molar-refractivity contribution in [1.82, 2.24) is 20.6 Å². The van der Waals surface area contributed by atoms with Gasteiger partial charge in [-0.25, -0.2) is 9.97 Å². The summed E-state index contributed by atoms with van der Waals surface area (Å²) in [6.07, 6.45) is 7.36. The topological polar surface area (TPSA) is 113 Å². The zero-order valence-electron chi connectivity index (χ0n) is 21.6. The first-order valence-corrected chi connectivity index (χ1v) is 12.9. The maximum atomic E-state index is 13.1. The lowest BCUT2D eigenvalue weighted by molar-refractivity contribution is -0.142. The number of carbonyl (C=O) groups excluding carboxylic acids is 2. The van der Waals surface area contributed by atoms with E-state index in [1.165, 1.54) is 18.7 Å². The number of ether oxygens (including phenoxy) is 1. The number of nitrogens with zero attached hydrogens (tertiary/aromatic N) is 2. The highest BCUT2D eigenvalue weighted by atomic mass is 16.5. The van der Waals surface area contributed by atoms with E-state index in [1.54, 1.807) is 7.11 Å². The molecule has 0 spiro atoms. The molecule has 0 aliphatic heterocycles. The summed E-state index contributed by atoms with van der Waals surface area (Å²) >= 11 is 0. The molecule has 1 heterocycles. The van der Waals surface area contributed by atoms with Crippen molar-refractivity contribution in [1.29, 1.82) is 0 Å². The molecule has 194 valence electrons. The third-order valence-corrected chi connectivity index (χ3v) is 8.73. The SMILES string of the molecule is COc1ccccc1CNC(=O)[C@@H](C)C1CC[C@@]2(C)CC[C@H](NC(=O)c3cncnc3)[C@@H](C)[C@@H]2[C@H]1O. The highest BCUT2D eigenvalue weighted by Crippen LogP contribution is 2.55. The van der Waals surface area contributed by atoms with E-state index in [0.717, 1.165) is 37.0 Å². The monoisotopic (exact) mass is 494 g/mol. The van der Waals surface area contributed by atoms with Crippen LogP contribution in [0.3, 0.4) is 0 Å². The molecule has 2 aliphatic rings. The van der Waals surface area contributed by atoms with Crippen molar-refractivity contribution >= 4 is 11.8 Å². The molecule has 2 aromatic rings. The van der Waals surface area contributed by atoms with Gasteiger partial charge in [-0.1, -0.05) is 39.0 Å². The molecule has 1 aromatic carbocycles. The van der Waals surface area contributed by atoms with Crippen LogP contribution >= 0.6 is 0 Å². The molecule has 0 saturated heterocycles. The number of hydrogen-bond donors (Lipinski definition) is 3. The minimum Gasteiger partial charge on any atom is -0.496 e. The summed E-state index contributed by atoms with van der Waals surface area (Å²) in [4.78, 5) is 33.8. The maximum absolute atomic E-state index is 13.1. The van der Waals surface area contributed by atoms with Gasteiger partial charge in [0.25, 0.3) is 5.91 Å². The second kappa shape index (κ2) is 10.9. The van der Waals surface area contributed by atoms with Gasteiger partial charge in [-0.15, -0.1) is 0 Å². The standard InChI is InChI=1S/C28H38N4O4/c1-17(26(34)31-15-19-7-5-6-8-23(19)36-4)21-9-11-28(3)12-10-22(18(2)24(28)25(21)33)32-27(35)20-13-29-16-30-14-20/h5-8,13-14,16-18,21-22,24-25,33H,9-12,15H2,1-4H3,(H,31,34)(H,32,35)/t17-,18+,21?,22-,24+,25-,28-/m0/s1. The first kappa shape index (κ1) is 26.1. The number of rotatable bonds is 7. The van der Waals surface area contributed by atoms with Crippen LogP contribution in [-0.4, -0.2) is 46.1 Å². The van der Waals surface area contributed by atoms with E-state index < -0.39 is 6.10 Å². The smallest absolute Gasteiger partial charge is 0.254 e. The number of para-hydroxylation sites is 1. The van der Waals surface area contributed by atoms with Crippen molar-refractivity contribution in [2.45, 2.75) is 65.1 Å². The minimum atomic E-state index is -0.620. The highest BCUT2D eigenvalue weighted by Gasteiger charge is 2.53. The molecule has 2 aliphatic carbocycles. The van der Waals surface area contributed by atoms with Gasteiger partial charge in [-0.3, -0.25) is 9.59 Å². The molecule has 1 unspecified atom stereocenters. The molecule has 1 aromatic heterocycles. The molecule has 8 nitrogen and oxygen atoms in total. The zero-order chi connectivity index (χ0) is 25.9. The Labute approximate surface area is 213 Å². The summed E-state index contributed by atoms with van der Waals surface area (Å²) in [5.41, 5.74) is 1.33. The summed E-state index contributed by atoms with van der Waals surface area (Å²) in [5.74, 6) is 0.0758. The van der Waals surface area contributed by atoms with Crippen molar-refractivity contribution in [2.24, 2.45) is 29.1 Å². The number of fused-ring (bicyclic) bond motifs is 1. The van der Waals surface area contributed by atoms with Gasteiger partial charge in [0, 0.05) is 36.5 Å². The average Bonchev–Trinajstić information content (AvgIpc) is 2.89. The fourth-order valence-corrected chi connectivity index (χ4v) is 6.55. The van der Waals surface area contributed by atoms with Crippen LogP contribution in [0.15, 0.2) is 43.0 Å². The Balaban J connectivity index is 1.42. The van der Waals surface area contributed by atoms with Gasteiger partial charge in [0.15, 0.2) is 0 Å². The number of hydrogen-bond acceptors (Lipinski definition) is 6. The van der Waals surface area contributed by atoms with Crippen LogP contribution in [0, 0.1) is 29.1 Å². The number of aromatic nitrogens is 2. The van der Waals surface area contributed by atoms with E-state index in [1.807, 2.05) is 31.2 Å². The lowest BCUT2D eigenvalue weighted by Crippen LogP contribution is -2.58. The maximum Gasteiger partial charge on any atom is 0.254 e. The van der Waals surface area contributed by atoms with Gasteiger partial charge in [0.05, 0.1) is 18.8 Å². The van der Waals surface area contributed by atoms with Gasteiger partial charge in [-0.05, 0) is 54.9 Å². The van der Waals surface area contributed by atoms with Crippen LogP contribution in [-0.2, 0) is 11.3 Å². The van der Waals surface area contributed by atoms with E-state index in [9.17, 15) is 14.7 Å². The van der Waals surface area contributed by atoms with E-state index in [-0.39, 0.29) is 46.9 Å². The number of methoxy groups -OCH3 is 1. The summed E-state index contributed by atoms with van der Waals surface area (Å²) in [6.45, 7) is 6.66. The minimum absolute atomic E-state index is 0.00760. The molecule has 3 N–H and O–H groups in total. The molecule has 7 atom stereocenters. The Bertz CT molecular complexity index is 1060. The predicted molar refractivity (Wildman–Crippen MR) is 136 cm³/mol. The van der Waals surface area contributed by atoms with Crippen LogP contribution in [0.25, 0.3) is 0 Å². The molecular formula is C28H38N4O4. The molecule has 2 amide bonds. The zero-order valence-corrected chi connectivity index (χ0v) is 21.6. The van der Waals surface area contributed by atoms with Gasteiger partial charge in [0.1, 0.15) is 12.1 Å². The van der Waals surface area contributed by atoms with E-state index >= 15 is 0 Å². The number of aliphatic hydroxyl groups is 1. The van der Waals surface area contributed by atoms with Crippen molar-refractivity contribution < 1.29 is 19.4 Å². The fourth-order valence-electron chi connectivity index (χ4n) is 6.55. The number of nitrogens with one attached hydrogen (secondary N) is 2. The summed E-state index contributed by atoms with van der Waals surface area (Å²) in [5, 5.41) is 17.8. The number of amides is 2. The van der Waals surface area contributed by atoms with Crippen LogP contribution in [0.4, 0.5) is 0 Å². The van der Waals surface area contributed by atoms with E-state index in [0.29, 0.717) is 12.1 Å². The molecular weight excluding hydrogens is 456 g/mol. The average molecular weight is 495 g/mol.